The van der Waals surface area contributed by atoms with E-state index in [0.717, 1.165) is 25.7 Å². The predicted molar refractivity (Wildman–Crippen MR) is 92.8 cm³/mol. The Kier molecular flexibility index (Phi) is 6.91. The molecule has 1 aromatic carbocycles. The minimum Gasteiger partial charge on any atom is -0.484 e. The number of amides is 1. The number of aldehydes is 1. The summed E-state index contributed by atoms with van der Waals surface area (Å²) in [4.78, 5) is 33.5. The van der Waals surface area contributed by atoms with Crippen molar-refractivity contribution >= 4 is 17.9 Å². The Hall–Kier alpha value is -2.44. The molecule has 136 valence electrons. The molecule has 0 saturated heterocycles. The molecule has 0 aliphatic heterocycles. The van der Waals surface area contributed by atoms with Crippen LogP contribution in [-0.2, 0) is 4.79 Å². The Morgan fingerprint density at radius 2 is 2.12 bits per heavy atom. The van der Waals surface area contributed by atoms with E-state index in [1.807, 2.05) is 0 Å². The van der Waals surface area contributed by atoms with Gasteiger partial charge in [0.15, 0.2) is 12.0 Å². The van der Waals surface area contributed by atoms with E-state index >= 15 is 0 Å². The van der Waals surface area contributed by atoms with Gasteiger partial charge in [-0.05, 0) is 38.3 Å². The lowest BCUT2D eigenvalue weighted by Gasteiger charge is -2.23. The number of carbonyl (C=O) groups excluding carboxylic acids is 2. The van der Waals surface area contributed by atoms with Crippen LogP contribution in [0.3, 0.4) is 0 Å². The fourth-order valence-electron chi connectivity index (χ4n) is 3.08. The fourth-order valence-corrected chi connectivity index (χ4v) is 3.08. The van der Waals surface area contributed by atoms with Gasteiger partial charge in [-0.25, -0.2) is 0 Å². The van der Waals surface area contributed by atoms with E-state index < -0.39 is 4.92 Å². The highest BCUT2D eigenvalue weighted by molar-refractivity contribution is 5.83. The van der Waals surface area contributed by atoms with Crippen LogP contribution in [0.25, 0.3) is 0 Å². The van der Waals surface area contributed by atoms with Crippen LogP contribution in [0.15, 0.2) is 18.2 Å². The van der Waals surface area contributed by atoms with E-state index in [1.54, 1.807) is 6.92 Å². The topological polar surface area (TPSA) is 98.5 Å². The molecule has 1 unspecified atom stereocenters. The van der Waals surface area contributed by atoms with Crippen LogP contribution >= 0.6 is 0 Å². The summed E-state index contributed by atoms with van der Waals surface area (Å²) in [6.45, 7) is 1.76. The molecule has 1 atom stereocenters. The van der Waals surface area contributed by atoms with Gasteiger partial charge in [0, 0.05) is 12.5 Å². The SMILES string of the molecule is CC(CCC(=O)NC1CCCCC1)Oc1cccc(C=O)c1[N+](=O)[O-]. The second-order valence-corrected chi connectivity index (χ2v) is 6.44. The van der Waals surface area contributed by atoms with E-state index in [1.165, 1.54) is 24.6 Å². The molecule has 1 aliphatic carbocycles. The first-order valence-electron chi connectivity index (χ1n) is 8.70. The molecule has 7 nitrogen and oxygen atoms in total. The minimum absolute atomic E-state index is 0.0153. The van der Waals surface area contributed by atoms with Gasteiger partial charge in [0.05, 0.1) is 16.6 Å². The Labute approximate surface area is 146 Å². The number of nitro benzene ring substituents is 1. The largest absolute Gasteiger partial charge is 0.484 e. The molecular weight excluding hydrogens is 324 g/mol. The maximum Gasteiger partial charge on any atom is 0.321 e. The highest BCUT2D eigenvalue weighted by atomic mass is 16.6. The third-order valence-electron chi connectivity index (χ3n) is 4.42. The number of nitrogens with zero attached hydrogens (tertiary/aromatic N) is 1. The van der Waals surface area contributed by atoms with Crippen molar-refractivity contribution in [3.63, 3.8) is 0 Å². The van der Waals surface area contributed by atoms with E-state index in [-0.39, 0.29) is 35.1 Å². The summed E-state index contributed by atoms with van der Waals surface area (Å²) < 4.78 is 5.61. The fraction of sp³-hybridized carbons (Fsp3) is 0.556. The van der Waals surface area contributed by atoms with Crippen molar-refractivity contribution in [1.82, 2.24) is 5.32 Å². The first kappa shape index (κ1) is 18.9. The third kappa shape index (κ3) is 5.55. The summed E-state index contributed by atoms with van der Waals surface area (Å²) in [5.74, 6) is 0.0354. The maximum absolute atomic E-state index is 12.0. The Bertz CT molecular complexity index is 626. The van der Waals surface area contributed by atoms with Gasteiger partial charge >= 0.3 is 5.69 Å². The number of carbonyl (C=O) groups is 2. The van der Waals surface area contributed by atoms with Gasteiger partial charge in [-0.1, -0.05) is 25.3 Å². The molecule has 2 rings (SSSR count). The Morgan fingerprint density at radius 1 is 1.40 bits per heavy atom. The normalized spacial score (nSPS) is 16.0. The van der Waals surface area contributed by atoms with Crippen LogP contribution in [0.5, 0.6) is 5.75 Å². The highest BCUT2D eigenvalue weighted by Gasteiger charge is 2.22. The molecule has 1 saturated carbocycles. The zero-order chi connectivity index (χ0) is 18.2. The van der Waals surface area contributed by atoms with Gasteiger partial charge in [0.25, 0.3) is 0 Å². The summed E-state index contributed by atoms with van der Waals surface area (Å²) in [5.41, 5.74) is -0.360. The zero-order valence-corrected chi connectivity index (χ0v) is 14.4. The zero-order valence-electron chi connectivity index (χ0n) is 14.4. The van der Waals surface area contributed by atoms with Gasteiger partial charge in [0.1, 0.15) is 0 Å². The van der Waals surface area contributed by atoms with Crippen LogP contribution in [0.4, 0.5) is 5.69 Å². The van der Waals surface area contributed by atoms with Crippen molar-refractivity contribution < 1.29 is 19.2 Å². The molecule has 0 bridgehead atoms. The lowest BCUT2D eigenvalue weighted by Crippen LogP contribution is -2.36. The van der Waals surface area contributed by atoms with Gasteiger partial charge in [-0.2, -0.15) is 0 Å². The smallest absolute Gasteiger partial charge is 0.321 e. The number of ether oxygens (including phenoxy) is 1. The molecule has 0 heterocycles. The number of rotatable bonds is 8. The molecule has 1 aromatic rings. The van der Waals surface area contributed by atoms with E-state index in [0.29, 0.717) is 19.1 Å². The van der Waals surface area contributed by atoms with Crippen molar-refractivity contribution in [3.8, 4) is 5.75 Å². The van der Waals surface area contributed by atoms with Crippen molar-refractivity contribution in [3.05, 3.63) is 33.9 Å². The molecule has 1 amide bonds. The van der Waals surface area contributed by atoms with Crippen molar-refractivity contribution in [2.24, 2.45) is 0 Å². The van der Waals surface area contributed by atoms with E-state index in [9.17, 15) is 19.7 Å². The van der Waals surface area contributed by atoms with Crippen molar-refractivity contribution in [2.75, 3.05) is 0 Å². The van der Waals surface area contributed by atoms with Crippen LogP contribution in [0, 0.1) is 10.1 Å². The highest BCUT2D eigenvalue weighted by Crippen LogP contribution is 2.31. The summed E-state index contributed by atoms with van der Waals surface area (Å²) in [5, 5.41) is 14.2. The van der Waals surface area contributed by atoms with E-state index in [2.05, 4.69) is 5.32 Å². The molecular formula is C18H24N2O5. The number of nitro groups is 1. The predicted octanol–water partition coefficient (Wildman–Crippen LogP) is 3.40. The second kappa shape index (κ2) is 9.15. The van der Waals surface area contributed by atoms with Gasteiger partial charge in [-0.15, -0.1) is 0 Å². The van der Waals surface area contributed by atoms with Crippen LogP contribution in [-0.4, -0.2) is 29.3 Å². The summed E-state index contributed by atoms with van der Waals surface area (Å²) >= 11 is 0. The first-order chi connectivity index (χ1) is 12.0. The Morgan fingerprint density at radius 3 is 2.76 bits per heavy atom. The van der Waals surface area contributed by atoms with Gasteiger partial charge in [0.2, 0.25) is 5.91 Å². The minimum atomic E-state index is -0.623. The number of hydrogen-bond donors (Lipinski definition) is 1. The molecule has 0 radical (unpaired) electrons. The standard InChI is InChI=1S/C18H24N2O5/c1-13(10-11-17(22)19-15-7-3-2-4-8-15)25-16-9-5-6-14(12-21)18(16)20(23)24/h5-6,9,12-13,15H,2-4,7-8,10-11H2,1H3,(H,19,22). The van der Waals surface area contributed by atoms with Gasteiger partial charge in [-0.3, -0.25) is 19.7 Å². The molecule has 7 heteroatoms. The number of nitrogens with one attached hydrogen (secondary N) is 1. The molecule has 0 spiro atoms. The maximum atomic E-state index is 12.0. The third-order valence-corrected chi connectivity index (χ3v) is 4.42. The summed E-state index contributed by atoms with van der Waals surface area (Å²) in [6.07, 6.45) is 6.41. The van der Waals surface area contributed by atoms with Crippen LogP contribution in [0.2, 0.25) is 0 Å². The lowest BCUT2D eigenvalue weighted by atomic mass is 9.95. The molecule has 1 N–H and O–H groups in total. The summed E-state index contributed by atoms with van der Waals surface area (Å²) in [7, 11) is 0. The average molecular weight is 348 g/mol. The summed E-state index contributed by atoms with van der Waals surface area (Å²) in [6, 6.07) is 4.64. The monoisotopic (exact) mass is 348 g/mol. The average Bonchev–Trinajstić information content (AvgIpc) is 2.60. The second-order valence-electron chi connectivity index (χ2n) is 6.44. The molecule has 0 aromatic heterocycles. The molecule has 1 fully saturated rings. The first-order valence-corrected chi connectivity index (χ1v) is 8.70. The van der Waals surface area contributed by atoms with Crippen molar-refractivity contribution in [1.29, 1.82) is 0 Å². The number of hydrogen-bond acceptors (Lipinski definition) is 5. The van der Waals surface area contributed by atoms with Crippen molar-refractivity contribution in [2.45, 2.75) is 64.0 Å². The van der Waals surface area contributed by atoms with E-state index in [4.69, 9.17) is 4.74 Å². The molecule has 25 heavy (non-hydrogen) atoms. The number of para-hydroxylation sites is 1. The van der Waals surface area contributed by atoms with Gasteiger partial charge < -0.3 is 10.1 Å². The van der Waals surface area contributed by atoms with Crippen LogP contribution < -0.4 is 10.1 Å². The molecule has 1 aliphatic rings. The Balaban J connectivity index is 1.87. The van der Waals surface area contributed by atoms with Crippen LogP contribution in [0.1, 0.15) is 62.2 Å². The lowest BCUT2D eigenvalue weighted by molar-refractivity contribution is -0.386. The number of benzene rings is 1. The quantitative estimate of drug-likeness (QED) is 0.441.